The van der Waals surface area contributed by atoms with Gasteiger partial charge in [0.1, 0.15) is 0 Å². The van der Waals surface area contributed by atoms with Crippen LogP contribution < -0.4 is 0 Å². The fraction of sp³-hybridized carbons (Fsp3) is 0. The van der Waals surface area contributed by atoms with Crippen LogP contribution in [-0.2, 0) is 47.4 Å². The topological polar surface area (TPSA) is 17.1 Å². The molecule has 0 fully saturated rings. The molecule has 0 N–H and O–H groups in total. The van der Waals surface area contributed by atoms with E-state index in [1.54, 1.807) is 0 Å². The summed E-state index contributed by atoms with van der Waals surface area (Å²) in [6.07, 6.45) is 0. The van der Waals surface area contributed by atoms with Crippen LogP contribution >= 0.6 is 0 Å². The Bertz CT molecular complexity index is 27.5. The van der Waals surface area contributed by atoms with Crippen molar-refractivity contribution in [1.82, 2.24) is 0 Å². The summed E-state index contributed by atoms with van der Waals surface area (Å²) < 4.78 is 7.81. The Balaban J connectivity index is -0.000000000111. The average Bonchev–Trinajstić information content (AvgIpc) is 1.00. The molecule has 0 saturated carbocycles. The monoisotopic (exact) mass is 553 g/mol. The van der Waals surface area contributed by atoms with E-state index in [1.807, 2.05) is 0 Å². The molecule has 0 aromatic carbocycles. The van der Waals surface area contributed by atoms with Gasteiger partial charge in [0.15, 0.2) is 0 Å². The molecular weight excluding hydrogens is 545 g/mol. The van der Waals surface area contributed by atoms with E-state index in [0.29, 0.717) is 0 Å². The fourth-order valence-electron chi connectivity index (χ4n) is 0. The summed E-state index contributed by atoms with van der Waals surface area (Å²) >= 11 is 2.94. The van der Waals surface area contributed by atoms with Gasteiger partial charge >= 0.3 is 152 Å². The summed E-state index contributed by atoms with van der Waals surface area (Å²) in [4.78, 5) is 0. The van der Waals surface area contributed by atoms with Crippen LogP contribution in [0.1, 0.15) is 8.56 Å². The third kappa shape index (κ3) is 22.7. The average molecular weight is 551 g/mol. The normalized spacial score (nSPS) is 1.00. The van der Waals surface area contributed by atoms with Crippen molar-refractivity contribution in [2.24, 2.45) is 0 Å². The van der Waals surface area contributed by atoms with Crippen LogP contribution in [0, 0.1) is 0 Å². The molecule has 0 saturated heterocycles. The van der Waals surface area contributed by atoms with Crippen LogP contribution in [0.2, 0.25) is 0 Å². The van der Waals surface area contributed by atoms with Gasteiger partial charge in [-0.05, 0) is 0 Å². The molecule has 0 aromatic heterocycles. The van der Waals surface area contributed by atoms with Crippen molar-refractivity contribution in [3.63, 3.8) is 0 Å². The van der Waals surface area contributed by atoms with Gasteiger partial charge in [-0.2, -0.15) is 0 Å². The molecular formula is H6BaCaCuHgOSr. The minimum absolute atomic E-state index is 0. The Hall–Kier alpha value is 5.57. The smallest absolute Gasteiger partial charge is 2.00 e. The Morgan fingerprint density at radius 1 is 1.33 bits per heavy atom. The van der Waals surface area contributed by atoms with Crippen LogP contribution in [0.3, 0.4) is 0 Å². The van der Waals surface area contributed by atoms with E-state index >= 15 is 0 Å². The van der Waals surface area contributed by atoms with Gasteiger partial charge in [0.2, 0.25) is 0 Å². The van der Waals surface area contributed by atoms with Crippen LogP contribution in [0.4, 0.5) is 0 Å². The Morgan fingerprint density at radius 2 is 1.33 bits per heavy atom. The van der Waals surface area contributed by atoms with Gasteiger partial charge in [-0.15, -0.1) is 0 Å². The third-order valence-electron chi connectivity index (χ3n) is 0. The molecule has 6 heavy (non-hydrogen) atoms. The second-order valence-electron chi connectivity index (χ2n) is 0. The first-order valence-corrected chi connectivity index (χ1v) is 0.508. The largest absolute Gasteiger partial charge is 2.00 e. The molecule has 0 aliphatic rings. The number of rotatable bonds is 0. The predicted molar refractivity (Wildman–Crippen MR) is 24.6 cm³/mol. The summed E-state index contributed by atoms with van der Waals surface area (Å²) in [6, 6.07) is 0. The van der Waals surface area contributed by atoms with Crippen molar-refractivity contribution >= 4 is 132 Å². The van der Waals surface area contributed by atoms with Crippen LogP contribution in [-0.4, -0.2) is 132 Å². The van der Waals surface area contributed by atoms with Crippen molar-refractivity contribution < 1.29 is 56.0 Å². The molecule has 0 aliphatic carbocycles. The maximum Gasteiger partial charge on any atom is 2.00 e. The molecule has 0 amide bonds. The van der Waals surface area contributed by atoms with Crippen molar-refractivity contribution in [2.45, 2.75) is 0 Å². The van der Waals surface area contributed by atoms with Gasteiger partial charge in [0.05, 0.1) is 0 Å². The van der Waals surface area contributed by atoms with Crippen LogP contribution in [0.15, 0.2) is 0 Å². The molecule has 0 unspecified atom stereocenters. The standard InChI is InChI=1S/Ba.Ca.Cu.Hg.O.Sr.6H/q2*+2;;;;+2;6*-1. The van der Waals surface area contributed by atoms with E-state index in [-0.39, 0.29) is 168 Å². The summed E-state index contributed by atoms with van der Waals surface area (Å²) in [5.74, 6) is 0. The van der Waals surface area contributed by atoms with Gasteiger partial charge in [-0.1, -0.05) is 0 Å². The summed E-state index contributed by atoms with van der Waals surface area (Å²) in [5.41, 5.74) is 0. The SMILES string of the molecule is [Ba+2].[Ca+2].[H-].[H-].[H-].[H-].[H-].[H-].[Hg].[O]=[Cu].[Sr+2]. The molecule has 0 radical (unpaired) electrons. The molecule has 0 rings (SSSR count). The van der Waals surface area contributed by atoms with Crippen LogP contribution in [0.5, 0.6) is 0 Å². The molecule has 31 valence electrons. The first-order valence-electron chi connectivity index (χ1n) is 0.123. The molecule has 6 heteroatoms. The molecule has 0 heterocycles. The van der Waals surface area contributed by atoms with Gasteiger partial charge in [-0.25, -0.2) is 0 Å². The zero-order valence-electron chi connectivity index (χ0n) is 9.54. The first kappa shape index (κ1) is 30.0. The second kappa shape index (κ2) is 31.2. The van der Waals surface area contributed by atoms with Crippen molar-refractivity contribution in [1.29, 1.82) is 0 Å². The van der Waals surface area contributed by atoms with E-state index in [4.69, 9.17) is 3.83 Å². The van der Waals surface area contributed by atoms with Gasteiger partial charge < -0.3 is 8.56 Å². The van der Waals surface area contributed by atoms with E-state index < -0.39 is 0 Å². The minimum atomic E-state index is 0. The van der Waals surface area contributed by atoms with E-state index in [1.165, 1.54) is 0 Å². The molecule has 0 spiro atoms. The van der Waals surface area contributed by atoms with Crippen molar-refractivity contribution in [3.8, 4) is 0 Å². The van der Waals surface area contributed by atoms with E-state index in [0.717, 1.165) is 0 Å². The zero-order valence-corrected chi connectivity index (χ0v) is 20.1. The number of hydrogen-bond donors (Lipinski definition) is 0. The van der Waals surface area contributed by atoms with Crippen molar-refractivity contribution in [3.05, 3.63) is 0 Å². The molecule has 1 nitrogen and oxygen atoms in total. The first-order chi connectivity index (χ1) is 1.00. The minimum Gasteiger partial charge on any atom is 2.00 e. The Kier molecular flexibility index (Phi) is 156. The second-order valence-corrected chi connectivity index (χ2v) is 0. The Morgan fingerprint density at radius 3 is 1.33 bits per heavy atom. The molecule has 0 aliphatic heterocycles. The summed E-state index contributed by atoms with van der Waals surface area (Å²) in [7, 11) is 0. The quantitative estimate of drug-likeness (QED) is 0.369. The van der Waals surface area contributed by atoms with Crippen LogP contribution in [0.25, 0.3) is 0 Å². The predicted octanol–water partition coefficient (Wildman–Crippen LogP) is -0.591. The van der Waals surface area contributed by atoms with Gasteiger partial charge in [0.25, 0.3) is 0 Å². The van der Waals surface area contributed by atoms with Gasteiger partial charge in [0, 0.05) is 27.7 Å². The van der Waals surface area contributed by atoms with E-state index in [9.17, 15) is 0 Å². The molecule has 0 bridgehead atoms. The summed E-state index contributed by atoms with van der Waals surface area (Å²) in [6.45, 7) is 0. The fourth-order valence-corrected chi connectivity index (χ4v) is 0. The molecule has 0 aromatic rings. The van der Waals surface area contributed by atoms with Gasteiger partial charge in [-0.3, -0.25) is 0 Å². The molecule has 0 atom stereocenters. The third-order valence-corrected chi connectivity index (χ3v) is 0. The van der Waals surface area contributed by atoms with Crippen molar-refractivity contribution in [2.75, 3.05) is 0 Å². The van der Waals surface area contributed by atoms with E-state index in [2.05, 4.69) is 15.9 Å². The number of hydrogen-bond acceptors (Lipinski definition) is 1. The summed E-state index contributed by atoms with van der Waals surface area (Å²) in [5, 5.41) is 0. The maximum atomic E-state index is 7.81. The zero-order chi connectivity index (χ0) is 2.00. The Labute approximate surface area is 182 Å². The maximum absolute atomic E-state index is 7.81.